The fourth-order valence-electron chi connectivity index (χ4n) is 4.31. The third-order valence-electron chi connectivity index (χ3n) is 6.25. The predicted octanol–water partition coefficient (Wildman–Crippen LogP) is 5.02. The molecule has 0 unspecified atom stereocenters. The summed E-state index contributed by atoms with van der Waals surface area (Å²) in [6, 6.07) is 7.52. The van der Waals surface area contributed by atoms with Crippen molar-refractivity contribution in [2.24, 2.45) is 0 Å². The number of rotatable bonds is 7. The minimum Gasteiger partial charge on any atom is -0.327 e. The Hall–Kier alpha value is -3.79. The van der Waals surface area contributed by atoms with Crippen LogP contribution >= 0.6 is 11.6 Å². The van der Waals surface area contributed by atoms with Crippen molar-refractivity contribution in [3.05, 3.63) is 88.6 Å². The Morgan fingerprint density at radius 2 is 2.06 bits per heavy atom. The lowest BCUT2D eigenvalue weighted by Crippen LogP contribution is -2.31. The topological polar surface area (TPSA) is 83.6 Å². The molecule has 0 bridgehead atoms. The van der Waals surface area contributed by atoms with Crippen molar-refractivity contribution in [3.8, 4) is 0 Å². The molecule has 1 aliphatic rings. The van der Waals surface area contributed by atoms with Crippen molar-refractivity contribution in [2.75, 3.05) is 0 Å². The number of aromatic amines is 1. The lowest BCUT2D eigenvalue weighted by Gasteiger charge is -2.21. The first kappa shape index (κ1) is 21.7. The van der Waals surface area contributed by atoms with E-state index < -0.39 is 18.0 Å². The van der Waals surface area contributed by atoms with Crippen LogP contribution in [0.5, 0.6) is 0 Å². The van der Waals surface area contributed by atoms with E-state index in [1.54, 1.807) is 29.1 Å². The van der Waals surface area contributed by atoms with Gasteiger partial charge in [-0.25, -0.2) is 18.7 Å². The van der Waals surface area contributed by atoms with Crippen LogP contribution in [0.3, 0.4) is 0 Å². The van der Waals surface area contributed by atoms with Gasteiger partial charge in [-0.05, 0) is 42.5 Å². The maximum Gasteiger partial charge on any atom is 0.280 e. The molecule has 5 aromatic heterocycles. The Balaban J connectivity index is 1.36. The van der Waals surface area contributed by atoms with Crippen molar-refractivity contribution >= 4 is 28.7 Å². The molecule has 8 nitrogen and oxygen atoms in total. The van der Waals surface area contributed by atoms with E-state index in [0.717, 1.165) is 17.4 Å². The van der Waals surface area contributed by atoms with Gasteiger partial charge in [0.2, 0.25) is 0 Å². The van der Waals surface area contributed by atoms with Gasteiger partial charge in [0.05, 0.1) is 48.1 Å². The van der Waals surface area contributed by atoms with E-state index in [1.807, 2.05) is 16.7 Å². The summed E-state index contributed by atoms with van der Waals surface area (Å²) in [6.07, 6.45) is 7.97. The Labute approximate surface area is 203 Å². The first-order valence-electron chi connectivity index (χ1n) is 11.2. The Morgan fingerprint density at radius 1 is 1.20 bits per heavy atom. The number of carbonyl (C=O) groups is 1. The molecule has 5 aromatic rings. The fraction of sp³-hybridized carbons (Fsp3) is 0.250. The first-order valence-corrected chi connectivity index (χ1v) is 11.5. The largest absolute Gasteiger partial charge is 0.327 e. The molecule has 0 aliphatic heterocycles. The quantitative estimate of drug-likeness (QED) is 0.344. The number of nitrogens with zero attached hydrogens (tertiary/aromatic N) is 6. The number of H-pyrrole nitrogens is 1. The molecule has 1 fully saturated rings. The summed E-state index contributed by atoms with van der Waals surface area (Å²) in [5.74, 6) is 0.00570. The number of alkyl halides is 2. The van der Waals surface area contributed by atoms with Crippen LogP contribution in [0.25, 0.3) is 11.2 Å². The normalized spacial score (nSPS) is 13.8. The molecule has 0 spiro atoms. The van der Waals surface area contributed by atoms with Crippen LogP contribution in [0.2, 0.25) is 5.02 Å². The van der Waals surface area contributed by atoms with E-state index in [0.29, 0.717) is 22.3 Å². The van der Waals surface area contributed by atoms with Crippen molar-refractivity contribution in [1.29, 1.82) is 0 Å². The molecule has 0 saturated heterocycles. The molecule has 35 heavy (non-hydrogen) atoms. The first-order chi connectivity index (χ1) is 17.0. The van der Waals surface area contributed by atoms with Gasteiger partial charge in [-0.2, -0.15) is 5.10 Å². The Kier molecular flexibility index (Phi) is 5.25. The van der Waals surface area contributed by atoms with E-state index in [2.05, 4.69) is 32.4 Å². The lowest BCUT2D eigenvalue weighted by atomic mass is 10.2. The SMILES string of the molecule is O=C(c1cn[nH]c1C(F)F)N(Cc1cn2cc(C3CC3)ccc2n1)Cc1ncn2ccc(Cl)cc12. The number of pyridine rings is 2. The molecule has 1 saturated carbocycles. The molecule has 0 radical (unpaired) electrons. The summed E-state index contributed by atoms with van der Waals surface area (Å²) < 4.78 is 30.7. The number of aromatic nitrogens is 6. The van der Waals surface area contributed by atoms with Gasteiger partial charge in [-0.1, -0.05) is 17.7 Å². The minimum atomic E-state index is -2.86. The third-order valence-corrected chi connectivity index (χ3v) is 6.49. The molecule has 11 heteroatoms. The number of hydrogen-bond donors (Lipinski definition) is 1. The third kappa shape index (κ3) is 4.14. The Bertz CT molecular complexity index is 1550. The van der Waals surface area contributed by atoms with Crippen molar-refractivity contribution in [1.82, 2.24) is 33.9 Å². The van der Waals surface area contributed by atoms with Gasteiger partial charge >= 0.3 is 0 Å². The van der Waals surface area contributed by atoms with Crippen LogP contribution < -0.4 is 0 Å². The van der Waals surface area contributed by atoms with Crippen molar-refractivity contribution < 1.29 is 13.6 Å². The summed E-state index contributed by atoms with van der Waals surface area (Å²) in [4.78, 5) is 24.0. The van der Waals surface area contributed by atoms with E-state index in [4.69, 9.17) is 11.6 Å². The lowest BCUT2D eigenvalue weighted by molar-refractivity contribution is 0.0714. The number of amides is 1. The summed E-state index contributed by atoms with van der Waals surface area (Å²) in [5.41, 5.74) is 3.27. The van der Waals surface area contributed by atoms with Crippen LogP contribution in [0.4, 0.5) is 8.78 Å². The van der Waals surface area contributed by atoms with Crippen LogP contribution in [0.1, 0.15) is 58.2 Å². The number of imidazole rings is 2. The highest BCUT2D eigenvalue weighted by molar-refractivity contribution is 6.30. The van der Waals surface area contributed by atoms with Gasteiger partial charge in [0.1, 0.15) is 11.3 Å². The number of carbonyl (C=O) groups excluding carboxylic acids is 1. The summed E-state index contributed by atoms with van der Waals surface area (Å²) in [6.45, 7) is 0.178. The number of halogens is 3. The van der Waals surface area contributed by atoms with Gasteiger partial charge in [0.25, 0.3) is 12.3 Å². The zero-order valence-corrected chi connectivity index (χ0v) is 19.2. The van der Waals surface area contributed by atoms with E-state index >= 15 is 0 Å². The second kappa shape index (κ2) is 8.46. The molecule has 5 heterocycles. The van der Waals surface area contributed by atoms with Gasteiger partial charge in [0, 0.05) is 23.6 Å². The average Bonchev–Trinajstić information content (AvgIpc) is 3.25. The summed E-state index contributed by atoms with van der Waals surface area (Å²) in [5, 5.41) is 6.44. The van der Waals surface area contributed by atoms with Crippen LogP contribution in [-0.4, -0.2) is 39.8 Å². The molecule has 178 valence electrons. The standard InChI is InChI=1S/C24H20ClF2N7O/c25-16-5-6-32-13-28-19(20(32)7-16)12-34(24(35)18-8-29-31-22(18)23(26)27)11-17-10-33-9-15(14-1-2-14)3-4-21(33)30-17/h3-10,13-14,23H,1-2,11-12H2,(H,29,31). The molecular formula is C24H20ClF2N7O. The molecule has 1 amide bonds. The van der Waals surface area contributed by atoms with Crippen LogP contribution in [0, 0.1) is 0 Å². The number of fused-ring (bicyclic) bond motifs is 2. The number of nitrogens with one attached hydrogen (secondary N) is 1. The molecule has 1 aliphatic carbocycles. The molecule has 0 aromatic carbocycles. The van der Waals surface area contributed by atoms with Crippen molar-refractivity contribution in [2.45, 2.75) is 38.3 Å². The Morgan fingerprint density at radius 3 is 2.86 bits per heavy atom. The fourth-order valence-corrected chi connectivity index (χ4v) is 4.47. The highest BCUT2D eigenvalue weighted by Crippen LogP contribution is 2.39. The highest BCUT2D eigenvalue weighted by atomic mass is 35.5. The summed E-state index contributed by atoms with van der Waals surface area (Å²) in [7, 11) is 0. The van der Waals surface area contributed by atoms with Crippen LogP contribution in [0.15, 0.2) is 55.4 Å². The van der Waals surface area contributed by atoms with Gasteiger partial charge in [0.15, 0.2) is 0 Å². The van der Waals surface area contributed by atoms with Gasteiger partial charge < -0.3 is 13.7 Å². The molecule has 0 atom stereocenters. The maximum absolute atomic E-state index is 13.5. The highest BCUT2D eigenvalue weighted by Gasteiger charge is 2.27. The van der Waals surface area contributed by atoms with E-state index in [9.17, 15) is 13.6 Å². The van der Waals surface area contributed by atoms with Gasteiger partial charge in [-0.15, -0.1) is 0 Å². The molecule has 6 rings (SSSR count). The van der Waals surface area contributed by atoms with Gasteiger partial charge in [-0.3, -0.25) is 9.89 Å². The van der Waals surface area contributed by atoms with E-state index in [-0.39, 0.29) is 18.7 Å². The monoisotopic (exact) mass is 495 g/mol. The maximum atomic E-state index is 13.5. The summed E-state index contributed by atoms with van der Waals surface area (Å²) >= 11 is 6.17. The average molecular weight is 496 g/mol. The second-order valence-corrected chi connectivity index (χ2v) is 9.16. The minimum absolute atomic E-state index is 0.0741. The zero-order chi connectivity index (χ0) is 24.1. The second-order valence-electron chi connectivity index (χ2n) is 8.72. The van der Waals surface area contributed by atoms with Crippen molar-refractivity contribution in [3.63, 3.8) is 0 Å². The van der Waals surface area contributed by atoms with E-state index in [1.165, 1.54) is 23.3 Å². The molecular weight excluding hydrogens is 476 g/mol. The zero-order valence-electron chi connectivity index (χ0n) is 18.4. The van der Waals surface area contributed by atoms with Crippen LogP contribution in [-0.2, 0) is 13.1 Å². The molecule has 1 N–H and O–H groups in total. The smallest absolute Gasteiger partial charge is 0.280 e. The number of hydrogen-bond acceptors (Lipinski definition) is 4. The predicted molar refractivity (Wildman–Crippen MR) is 124 cm³/mol.